The van der Waals surface area contributed by atoms with E-state index in [9.17, 15) is 27.6 Å². The molecule has 252 valence electrons. The van der Waals surface area contributed by atoms with Crippen molar-refractivity contribution in [3.8, 4) is 5.69 Å². The van der Waals surface area contributed by atoms with E-state index in [1.165, 1.54) is 38.2 Å². The molecule has 2 N–H and O–H groups in total. The molecule has 1 saturated heterocycles. The zero-order valence-electron chi connectivity index (χ0n) is 26.1. The molecule has 16 heteroatoms. The normalized spacial score (nSPS) is 19.1. The molecule has 2 aliphatic heterocycles. The van der Waals surface area contributed by atoms with Gasteiger partial charge in [-0.25, -0.2) is 27.9 Å². The first kappa shape index (κ1) is 33.9. The molecule has 5 rings (SSSR count). The highest BCUT2D eigenvalue weighted by molar-refractivity contribution is 5.95. The topological polar surface area (TPSA) is 112 Å². The number of likely N-dealkylation sites (N-methyl/N-ethyl adjacent to an activating group) is 1. The number of carbonyl (C=O) groups is 2. The van der Waals surface area contributed by atoms with Crippen LogP contribution in [0.5, 0.6) is 0 Å². The Morgan fingerprint density at radius 3 is 2.40 bits per heavy atom. The molecule has 0 spiro atoms. The molecule has 3 heterocycles. The van der Waals surface area contributed by atoms with Crippen molar-refractivity contribution in [3.63, 3.8) is 0 Å². The maximum Gasteiger partial charge on any atom is 0.493 e. The van der Waals surface area contributed by atoms with Gasteiger partial charge in [0, 0.05) is 37.0 Å². The van der Waals surface area contributed by atoms with Crippen molar-refractivity contribution in [3.05, 3.63) is 87.0 Å². The second-order valence-corrected chi connectivity index (χ2v) is 11.8. The van der Waals surface area contributed by atoms with E-state index < -0.39 is 59.4 Å². The van der Waals surface area contributed by atoms with E-state index in [0.29, 0.717) is 41.4 Å². The number of rotatable bonds is 5. The van der Waals surface area contributed by atoms with E-state index in [1.807, 2.05) is 7.05 Å². The fourth-order valence-electron chi connectivity index (χ4n) is 5.67. The van der Waals surface area contributed by atoms with Gasteiger partial charge in [-0.3, -0.25) is 15.0 Å². The fraction of sp³-hybridized carbons (Fsp3) is 0.419. The Balaban J connectivity index is 1.64. The standard InChI is InChI=1S/C31H34F5N7O4/c1-17(2)43(47-28(45)31(34,35)36)27(44)19-10-9-18(3)20(15-19)24-21-16-37-30(46)42(25-22(32)7-5-8-23(25)33)26(21)39-29(38-24)41-12-6-11-40(4)13-14-41/h5,7-10,15-17,24,29,38-39H,6,11-14H2,1-4H3. The Bertz CT molecular complexity index is 1710. The molecule has 11 nitrogen and oxygen atoms in total. The first-order valence-corrected chi connectivity index (χ1v) is 14.9. The molecule has 0 radical (unpaired) electrons. The van der Waals surface area contributed by atoms with Crippen molar-refractivity contribution in [2.45, 2.75) is 51.7 Å². The van der Waals surface area contributed by atoms with Crippen LogP contribution >= 0.6 is 0 Å². The van der Waals surface area contributed by atoms with Crippen LogP contribution in [-0.4, -0.2) is 88.0 Å². The van der Waals surface area contributed by atoms with Gasteiger partial charge in [0.25, 0.3) is 5.91 Å². The lowest BCUT2D eigenvalue weighted by atomic mass is 9.92. The predicted molar refractivity (Wildman–Crippen MR) is 160 cm³/mol. The quantitative estimate of drug-likeness (QED) is 0.312. The molecule has 2 aliphatic rings. The molecule has 1 aromatic heterocycles. The number of fused-ring (bicyclic) bond motifs is 1. The maximum atomic E-state index is 15.1. The second-order valence-electron chi connectivity index (χ2n) is 11.8. The lowest BCUT2D eigenvalue weighted by molar-refractivity contribution is -0.232. The number of hydrogen-bond donors (Lipinski definition) is 2. The van der Waals surface area contributed by atoms with Gasteiger partial charge in [-0.2, -0.15) is 18.2 Å². The van der Waals surface area contributed by atoms with E-state index in [1.54, 1.807) is 13.0 Å². The van der Waals surface area contributed by atoms with Crippen molar-refractivity contribution in [1.29, 1.82) is 0 Å². The Morgan fingerprint density at radius 2 is 1.74 bits per heavy atom. The fourth-order valence-corrected chi connectivity index (χ4v) is 5.67. The number of aryl methyl sites for hydroxylation is 1. The lowest BCUT2D eigenvalue weighted by Crippen LogP contribution is -2.56. The third kappa shape index (κ3) is 6.99. The SMILES string of the molecule is Cc1ccc(C(=O)N(OC(=O)C(F)(F)F)C(C)C)cc1C1NC(N2CCCN(C)CC2)Nc2c1cnc(=O)n2-c1c(F)cccc1F. The van der Waals surface area contributed by atoms with Gasteiger partial charge in [0.15, 0.2) is 0 Å². The summed E-state index contributed by atoms with van der Waals surface area (Å²) in [6, 6.07) is 5.84. The monoisotopic (exact) mass is 663 g/mol. The summed E-state index contributed by atoms with van der Waals surface area (Å²) in [7, 11) is 1.99. The van der Waals surface area contributed by atoms with E-state index in [-0.39, 0.29) is 11.4 Å². The van der Waals surface area contributed by atoms with Crippen molar-refractivity contribution >= 4 is 17.7 Å². The number of para-hydroxylation sites is 1. The van der Waals surface area contributed by atoms with Gasteiger partial charge in [-0.05, 0) is 76.2 Å². The summed E-state index contributed by atoms with van der Waals surface area (Å²) in [6.45, 7) is 7.30. The van der Waals surface area contributed by atoms with Crippen molar-refractivity contribution < 1.29 is 36.4 Å². The minimum Gasteiger partial charge on any atom is -0.343 e. The molecule has 3 aromatic rings. The molecule has 2 unspecified atom stereocenters. The molecule has 47 heavy (non-hydrogen) atoms. The van der Waals surface area contributed by atoms with Crippen molar-refractivity contribution in [2.75, 3.05) is 38.5 Å². The minimum atomic E-state index is -5.33. The number of nitrogens with one attached hydrogen (secondary N) is 2. The molecular formula is C31H34F5N7O4. The highest BCUT2D eigenvalue weighted by Crippen LogP contribution is 2.36. The molecule has 0 saturated carbocycles. The van der Waals surface area contributed by atoms with Gasteiger partial charge in [-0.15, -0.1) is 0 Å². The second kappa shape index (κ2) is 13.4. The summed E-state index contributed by atoms with van der Waals surface area (Å²) in [5.74, 6) is -5.46. The van der Waals surface area contributed by atoms with Crippen LogP contribution in [0.4, 0.5) is 27.8 Å². The van der Waals surface area contributed by atoms with Crippen LogP contribution in [0.25, 0.3) is 5.69 Å². The number of hydroxylamine groups is 2. The summed E-state index contributed by atoms with van der Waals surface area (Å²) in [4.78, 5) is 50.9. The molecule has 0 aliphatic carbocycles. The smallest absolute Gasteiger partial charge is 0.343 e. The number of alkyl halides is 3. The van der Waals surface area contributed by atoms with Crippen LogP contribution in [0.2, 0.25) is 0 Å². The van der Waals surface area contributed by atoms with Crippen LogP contribution in [0, 0.1) is 18.6 Å². The Kier molecular flexibility index (Phi) is 9.65. The molecular weight excluding hydrogens is 629 g/mol. The first-order valence-electron chi connectivity index (χ1n) is 14.9. The van der Waals surface area contributed by atoms with Crippen LogP contribution in [0.3, 0.4) is 0 Å². The number of carbonyl (C=O) groups excluding carboxylic acids is 2. The Hall–Kier alpha value is -4.41. The average molecular weight is 664 g/mol. The third-order valence-electron chi connectivity index (χ3n) is 8.11. The van der Waals surface area contributed by atoms with Gasteiger partial charge in [0.05, 0.1) is 12.1 Å². The van der Waals surface area contributed by atoms with Crippen LogP contribution < -0.4 is 16.3 Å². The third-order valence-corrected chi connectivity index (χ3v) is 8.11. The first-order chi connectivity index (χ1) is 22.2. The molecule has 2 atom stereocenters. The summed E-state index contributed by atoms with van der Waals surface area (Å²) >= 11 is 0. The van der Waals surface area contributed by atoms with Gasteiger partial charge >= 0.3 is 17.8 Å². The number of aromatic nitrogens is 2. The highest BCUT2D eigenvalue weighted by atomic mass is 19.4. The number of amides is 1. The van der Waals surface area contributed by atoms with Crippen LogP contribution in [0.1, 0.15) is 53.4 Å². The van der Waals surface area contributed by atoms with E-state index >= 15 is 8.78 Å². The van der Waals surface area contributed by atoms with E-state index in [2.05, 4.69) is 30.3 Å². The van der Waals surface area contributed by atoms with Gasteiger partial charge in [0.2, 0.25) is 0 Å². The van der Waals surface area contributed by atoms with Crippen molar-refractivity contribution in [2.24, 2.45) is 0 Å². The van der Waals surface area contributed by atoms with E-state index in [0.717, 1.165) is 29.7 Å². The summed E-state index contributed by atoms with van der Waals surface area (Å²) in [5, 5.41) is 7.07. The Morgan fingerprint density at radius 1 is 1.04 bits per heavy atom. The highest BCUT2D eigenvalue weighted by Gasteiger charge is 2.44. The van der Waals surface area contributed by atoms with Crippen LogP contribution in [-0.2, 0) is 9.63 Å². The summed E-state index contributed by atoms with van der Waals surface area (Å²) < 4.78 is 70.1. The largest absolute Gasteiger partial charge is 0.493 e. The molecule has 1 amide bonds. The molecule has 0 bridgehead atoms. The summed E-state index contributed by atoms with van der Waals surface area (Å²) in [5.41, 5.74) is -0.237. The van der Waals surface area contributed by atoms with Gasteiger partial charge in [-0.1, -0.05) is 12.1 Å². The van der Waals surface area contributed by atoms with Crippen LogP contribution in [0.15, 0.2) is 47.4 Å². The lowest BCUT2D eigenvalue weighted by Gasteiger charge is -2.41. The van der Waals surface area contributed by atoms with Gasteiger partial charge in [0.1, 0.15) is 29.4 Å². The van der Waals surface area contributed by atoms with Gasteiger partial charge < -0.3 is 15.1 Å². The molecule has 2 aromatic carbocycles. The molecule has 1 fully saturated rings. The number of halogens is 5. The predicted octanol–water partition coefficient (Wildman–Crippen LogP) is 3.72. The summed E-state index contributed by atoms with van der Waals surface area (Å²) in [6.07, 6.45) is -3.92. The Labute approximate surface area is 266 Å². The number of hydrogen-bond acceptors (Lipinski definition) is 9. The number of anilines is 1. The zero-order chi connectivity index (χ0) is 34.2. The zero-order valence-corrected chi connectivity index (χ0v) is 26.1. The number of nitrogens with zero attached hydrogens (tertiary/aromatic N) is 5. The van der Waals surface area contributed by atoms with Crippen molar-refractivity contribution in [1.82, 2.24) is 29.7 Å². The average Bonchev–Trinajstić information content (AvgIpc) is 3.23. The number of benzene rings is 2. The van der Waals surface area contributed by atoms with E-state index in [4.69, 9.17) is 0 Å². The maximum absolute atomic E-state index is 15.1. The minimum absolute atomic E-state index is 0.0689.